The number of nitrogens with zero attached hydrogens (tertiary/aromatic N) is 1. The number of ether oxygens (including phenoxy) is 1. The van der Waals surface area contributed by atoms with E-state index in [9.17, 15) is 0 Å². The van der Waals surface area contributed by atoms with Crippen LogP contribution in [-0.4, -0.2) is 5.96 Å². The fourth-order valence-corrected chi connectivity index (χ4v) is 2.03. The lowest BCUT2D eigenvalue weighted by molar-refractivity contribution is 0.306. The number of aliphatic imine (C=N–C) groups is 1. The van der Waals surface area contributed by atoms with Crippen molar-refractivity contribution in [2.45, 2.75) is 13.2 Å². The molecular formula is C15H16ClN5O. The first kappa shape index (κ1) is 14.6. The van der Waals surface area contributed by atoms with Gasteiger partial charge in [-0.1, -0.05) is 35.9 Å². The van der Waals surface area contributed by atoms with Crippen molar-refractivity contribution in [1.29, 1.82) is 0 Å². The Morgan fingerprint density at radius 3 is 2.18 bits per heavy atom. The molecule has 2 aromatic rings. The van der Waals surface area contributed by atoms with E-state index in [2.05, 4.69) is 26.9 Å². The highest BCUT2D eigenvalue weighted by Crippen LogP contribution is 2.16. The molecule has 0 bridgehead atoms. The van der Waals surface area contributed by atoms with E-state index in [0.29, 0.717) is 19.1 Å². The van der Waals surface area contributed by atoms with Crippen LogP contribution in [-0.2, 0) is 13.2 Å². The summed E-state index contributed by atoms with van der Waals surface area (Å²) in [6.45, 7) is 1.10. The predicted octanol–water partition coefficient (Wildman–Crippen LogP) is 1.89. The Hall–Kier alpha value is -2.28. The first-order valence-electron chi connectivity index (χ1n) is 6.82. The average molecular weight is 318 g/mol. The molecule has 0 atom stereocenters. The highest BCUT2D eigenvalue weighted by molar-refractivity contribution is 6.30. The van der Waals surface area contributed by atoms with Crippen molar-refractivity contribution >= 4 is 17.6 Å². The van der Waals surface area contributed by atoms with Crippen LogP contribution in [0.1, 0.15) is 11.1 Å². The zero-order valence-electron chi connectivity index (χ0n) is 11.8. The standard InChI is InChI=1S/C15H16ClN5O/c16-13-5-1-12(2-6-13)10-22-14-7-3-11(4-8-14)9-17-15-18-20-21-19-15/h1-8,20-21H,9-10H2,(H2,17,18,19). The fourth-order valence-electron chi connectivity index (χ4n) is 1.90. The van der Waals surface area contributed by atoms with Crippen molar-refractivity contribution in [1.82, 2.24) is 21.9 Å². The van der Waals surface area contributed by atoms with Gasteiger partial charge in [-0.2, -0.15) is 11.1 Å². The minimum absolute atomic E-state index is 0.518. The van der Waals surface area contributed by atoms with E-state index in [1.807, 2.05) is 48.5 Å². The Morgan fingerprint density at radius 1 is 0.864 bits per heavy atom. The lowest BCUT2D eigenvalue weighted by Gasteiger charge is -2.07. The topological polar surface area (TPSA) is 69.7 Å². The van der Waals surface area contributed by atoms with Crippen molar-refractivity contribution in [3.05, 3.63) is 64.7 Å². The highest BCUT2D eigenvalue weighted by Gasteiger charge is 2.03. The second-order valence-electron chi connectivity index (χ2n) is 4.72. The zero-order valence-corrected chi connectivity index (χ0v) is 12.5. The second kappa shape index (κ2) is 7.13. The third-order valence-electron chi connectivity index (χ3n) is 3.09. The molecule has 0 radical (unpaired) electrons. The fraction of sp³-hybridized carbons (Fsp3) is 0.133. The zero-order chi connectivity index (χ0) is 15.2. The van der Waals surface area contributed by atoms with E-state index in [0.717, 1.165) is 21.9 Å². The first-order chi connectivity index (χ1) is 10.8. The Bertz CT molecular complexity index is 634. The third-order valence-corrected chi connectivity index (χ3v) is 3.34. The Kier molecular flexibility index (Phi) is 4.75. The third kappa shape index (κ3) is 4.11. The molecule has 7 heteroatoms. The molecule has 4 N–H and O–H groups in total. The molecule has 0 spiro atoms. The minimum atomic E-state index is 0.518. The number of guanidine groups is 1. The number of hydrazine groups is 3. The molecule has 22 heavy (non-hydrogen) atoms. The van der Waals surface area contributed by atoms with E-state index in [-0.39, 0.29) is 0 Å². The van der Waals surface area contributed by atoms with Gasteiger partial charge in [-0.3, -0.25) is 10.9 Å². The van der Waals surface area contributed by atoms with Gasteiger partial charge in [0, 0.05) is 5.02 Å². The van der Waals surface area contributed by atoms with Crippen molar-refractivity contribution in [2.75, 3.05) is 0 Å². The molecule has 3 rings (SSSR count). The highest BCUT2D eigenvalue weighted by atomic mass is 35.5. The summed E-state index contributed by atoms with van der Waals surface area (Å²) in [5.74, 6) is 1.48. The molecule has 0 unspecified atom stereocenters. The summed E-state index contributed by atoms with van der Waals surface area (Å²) in [7, 11) is 0. The quantitative estimate of drug-likeness (QED) is 0.678. The summed E-state index contributed by atoms with van der Waals surface area (Å²) >= 11 is 5.85. The Labute approximate surface area is 133 Å². The van der Waals surface area contributed by atoms with Crippen LogP contribution in [0.25, 0.3) is 0 Å². The van der Waals surface area contributed by atoms with Crippen LogP contribution in [0.5, 0.6) is 5.75 Å². The summed E-state index contributed by atoms with van der Waals surface area (Å²) in [6, 6.07) is 15.5. The molecule has 1 heterocycles. The number of hydrogen-bond donors (Lipinski definition) is 4. The van der Waals surface area contributed by atoms with Crippen LogP contribution < -0.4 is 26.7 Å². The largest absolute Gasteiger partial charge is 0.489 e. The van der Waals surface area contributed by atoms with Gasteiger partial charge in [0.15, 0.2) is 0 Å². The summed E-state index contributed by atoms with van der Waals surface area (Å²) in [5.41, 5.74) is 13.2. The molecule has 1 aliphatic rings. The van der Waals surface area contributed by atoms with Gasteiger partial charge in [0.1, 0.15) is 12.4 Å². The Morgan fingerprint density at radius 2 is 1.50 bits per heavy atom. The molecule has 0 amide bonds. The molecule has 1 fully saturated rings. The number of benzene rings is 2. The van der Waals surface area contributed by atoms with E-state index in [4.69, 9.17) is 16.3 Å². The van der Waals surface area contributed by atoms with Crippen LogP contribution in [0.4, 0.5) is 0 Å². The van der Waals surface area contributed by atoms with Gasteiger partial charge in [0.25, 0.3) is 0 Å². The van der Waals surface area contributed by atoms with Crippen LogP contribution in [0.2, 0.25) is 5.02 Å². The summed E-state index contributed by atoms with van der Waals surface area (Å²) in [5, 5.41) is 0.728. The molecule has 0 aromatic heterocycles. The average Bonchev–Trinajstić information content (AvgIpc) is 3.07. The van der Waals surface area contributed by atoms with Gasteiger partial charge >= 0.3 is 0 Å². The van der Waals surface area contributed by atoms with Gasteiger partial charge < -0.3 is 4.74 Å². The monoisotopic (exact) mass is 317 g/mol. The van der Waals surface area contributed by atoms with E-state index in [1.165, 1.54) is 0 Å². The van der Waals surface area contributed by atoms with E-state index < -0.39 is 0 Å². The number of halogens is 1. The predicted molar refractivity (Wildman–Crippen MR) is 85.9 cm³/mol. The smallest absolute Gasteiger partial charge is 0.223 e. The maximum absolute atomic E-state index is 5.85. The lowest BCUT2D eigenvalue weighted by atomic mass is 10.2. The number of hydrogen-bond acceptors (Lipinski definition) is 4. The van der Waals surface area contributed by atoms with Gasteiger partial charge in [-0.25, -0.2) is 4.99 Å². The maximum atomic E-state index is 5.85. The van der Waals surface area contributed by atoms with Crippen molar-refractivity contribution < 1.29 is 4.74 Å². The summed E-state index contributed by atoms with van der Waals surface area (Å²) in [6.07, 6.45) is 0. The summed E-state index contributed by atoms with van der Waals surface area (Å²) < 4.78 is 5.74. The molecule has 1 saturated heterocycles. The van der Waals surface area contributed by atoms with Crippen LogP contribution in [0, 0.1) is 0 Å². The van der Waals surface area contributed by atoms with Crippen molar-refractivity contribution in [3.8, 4) is 5.75 Å². The van der Waals surface area contributed by atoms with Gasteiger partial charge in [0.05, 0.1) is 6.54 Å². The van der Waals surface area contributed by atoms with Crippen LogP contribution in [0.3, 0.4) is 0 Å². The first-order valence-corrected chi connectivity index (χ1v) is 7.20. The molecule has 114 valence electrons. The van der Waals surface area contributed by atoms with Crippen molar-refractivity contribution in [2.24, 2.45) is 4.99 Å². The van der Waals surface area contributed by atoms with Gasteiger partial charge in [-0.15, -0.1) is 0 Å². The summed E-state index contributed by atoms with van der Waals surface area (Å²) in [4.78, 5) is 4.34. The molecule has 0 aliphatic carbocycles. The van der Waals surface area contributed by atoms with E-state index in [1.54, 1.807) is 0 Å². The SMILES string of the molecule is Clc1ccc(COc2ccc(CN=C3NNNN3)cc2)cc1. The number of rotatable bonds is 5. The van der Waals surface area contributed by atoms with Crippen LogP contribution in [0.15, 0.2) is 53.5 Å². The minimum Gasteiger partial charge on any atom is -0.489 e. The molecule has 0 saturated carbocycles. The molecule has 6 nitrogen and oxygen atoms in total. The van der Waals surface area contributed by atoms with Gasteiger partial charge in [0.2, 0.25) is 5.96 Å². The molecular weight excluding hydrogens is 302 g/mol. The van der Waals surface area contributed by atoms with E-state index >= 15 is 0 Å². The Balaban J connectivity index is 1.52. The van der Waals surface area contributed by atoms with Crippen molar-refractivity contribution in [3.63, 3.8) is 0 Å². The molecule has 2 aromatic carbocycles. The normalized spacial score (nSPS) is 13.4. The second-order valence-corrected chi connectivity index (χ2v) is 5.16. The molecule has 1 aliphatic heterocycles. The number of nitrogens with one attached hydrogen (secondary N) is 4. The van der Waals surface area contributed by atoms with Gasteiger partial charge in [-0.05, 0) is 35.4 Å². The maximum Gasteiger partial charge on any atom is 0.223 e. The lowest BCUT2D eigenvalue weighted by Crippen LogP contribution is -2.33. The van der Waals surface area contributed by atoms with Crippen LogP contribution >= 0.6 is 11.6 Å².